The molecule has 0 amide bonds. The number of hydrogen-bond acceptors (Lipinski definition) is 6. The Hall–Kier alpha value is -2.05. The fraction of sp³-hybridized carbons (Fsp3) is 0.500. The fourth-order valence-electron chi connectivity index (χ4n) is 2.86. The molecular weight excluding hydrogens is 302 g/mol. The Kier molecular flexibility index (Phi) is 5.37. The van der Waals surface area contributed by atoms with Gasteiger partial charge in [0.05, 0.1) is 18.9 Å². The van der Waals surface area contributed by atoms with Gasteiger partial charge in [-0.25, -0.2) is 9.97 Å². The van der Waals surface area contributed by atoms with E-state index in [-0.39, 0.29) is 0 Å². The highest BCUT2D eigenvalue weighted by molar-refractivity contribution is 5.62. The lowest BCUT2D eigenvalue weighted by Gasteiger charge is -2.28. The van der Waals surface area contributed by atoms with E-state index < -0.39 is 0 Å². The van der Waals surface area contributed by atoms with Gasteiger partial charge in [0.2, 0.25) is 5.95 Å². The number of likely N-dealkylation sites (N-methyl/N-ethyl adjacent to an activating group) is 1. The van der Waals surface area contributed by atoms with Gasteiger partial charge in [0.15, 0.2) is 0 Å². The Bertz CT molecular complexity index is 685. The van der Waals surface area contributed by atoms with Crippen molar-refractivity contribution in [3.05, 3.63) is 35.8 Å². The third-order valence-corrected chi connectivity index (χ3v) is 4.34. The van der Waals surface area contributed by atoms with Crippen LogP contribution in [0.4, 0.5) is 5.95 Å². The van der Waals surface area contributed by atoms with E-state index in [0.29, 0.717) is 0 Å². The molecule has 0 saturated carbocycles. The molecule has 128 valence electrons. The van der Waals surface area contributed by atoms with Crippen LogP contribution in [0.3, 0.4) is 0 Å². The number of anilines is 1. The molecule has 0 unspecified atom stereocenters. The number of ether oxygens (including phenoxy) is 1. The van der Waals surface area contributed by atoms with Crippen LogP contribution in [-0.2, 0) is 4.74 Å². The molecule has 6 nitrogen and oxygen atoms in total. The standard InChI is InChI=1S/C18H25N5O/c1-14-4-5-16(15(2)20-14)17-6-7-19-18(21-17)22(3)8-9-23-10-12-24-13-11-23/h4-7H,8-13H2,1-3H3. The molecule has 24 heavy (non-hydrogen) atoms. The zero-order chi connectivity index (χ0) is 16.9. The highest BCUT2D eigenvalue weighted by Gasteiger charge is 2.13. The van der Waals surface area contributed by atoms with E-state index in [2.05, 4.69) is 25.8 Å². The summed E-state index contributed by atoms with van der Waals surface area (Å²) in [5, 5.41) is 0. The fourth-order valence-corrected chi connectivity index (χ4v) is 2.86. The molecule has 2 aromatic rings. The van der Waals surface area contributed by atoms with Gasteiger partial charge in [-0.05, 0) is 32.0 Å². The maximum atomic E-state index is 5.39. The van der Waals surface area contributed by atoms with E-state index in [9.17, 15) is 0 Å². The largest absolute Gasteiger partial charge is 0.379 e. The molecule has 1 fully saturated rings. The Balaban J connectivity index is 1.69. The second kappa shape index (κ2) is 7.68. The summed E-state index contributed by atoms with van der Waals surface area (Å²) in [7, 11) is 2.04. The second-order valence-electron chi connectivity index (χ2n) is 6.20. The van der Waals surface area contributed by atoms with Crippen molar-refractivity contribution in [1.29, 1.82) is 0 Å². The van der Waals surface area contributed by atoms with Crippen molar-refractivity contribution >= 4 is 5.95 Å². The number of aryl methyl sites for hydroxylation is 2. The molecule has 0 aromatic carbocycles. The van der Waals surface area contributed by atoms with Crippen LogP contribution in [0.2, 0.25) is 0 Å². The normalized spacial score (nSPS) is 15.5. The second-order valence-corrected chi connectivity index (χ2v) is 6.20. The maximum absolute atomic E-state index is 5.39. The average Bonchev–Trinajstić information content (AvgIpc) is 2.60. The summed E-state index contributed by atoms with van der Waals surface area (Å²) in [5.74, 6) is 0.751. The quantitative estimate of drug-likeness (QED) is 0.836. The average molecular weight is 327 g/mol. The van der Waals surface area contributed by atoms with Crippen molar-refractivity contribution in [2.45, 2.75) is 13.8 Å². The summed E-state index contributed by atoms with van der Waals surface area (Å²) >= 11 is 0. The smallest absolute Gasteiger partial charge is 0.225 e. The third-order valence-electron chi connectivity index (χ3n) is 4.34. The van der Waals surface area contributed by atoms with Crippen molar-refractivity contribution in [3.8, 4) is 11.3 Å². The molecular formula is C18H25N5O. The third kappa shape index (κ3) is 4.07. The first-order chi connectivity index (χ1) is 11.6. The predicted molar refractivity (Wildman–Crippen MR) is 95.3 cm³/mol. The van der Waals surface area contributed by atoms with Crippen LogP contribution in [0.25, 0.3) is 11.3 Å². The zero-order valence-electron chi connectivity index (χ0n) is 14.7. The molecule has 3 rings (SSSR count). The number of morpholine rings is 1. The molecule has 1 saturated heterocycles. The Morgan fingerprint density at radius 2 is 1.92 bits per heavy atom. The summed E-state index contributed by atoms with van der Waals surface area (Å²) in [5.41, 5.74) is 4.00. The summed E-state index contributed by atoms with van der Waals surface area (Å²) in [4.78, 5) is 18.2. The van der Waals surface area contributed by atoms with Crippen molar-refractivity contribution in [1.82, 2.24) is 19.9 Å². The summed E-state index contributed by atoms with van der Waals surface area (Å²) in [6.07, 6.45) is 1.82. The van der Waals surface area contributed by atoms with E-state index in [4.69, 9.17) is 9.72 Å². The molecule has 1 aliphatic heterocycles. The highest BCUT2D eigenvalue weighted by Crippen LogP contribution is 2.21. The number of pyridine rings is 1. The molecule has 0 N–H and O–H groups in total. The minimum absolute atomic E-state index is 0.751. The number of aromatic nitrogens is 3. The van der Waals surface area contributed by atoms with Crippen LogP contribution in [0.15, 0.2) is 24.4 Å². The van der Waals surface area contributed by atoms with Crippen molar-refractivity contribution in [2.75, 3.05) is 51.3 Å². The van der Waals surface area contributed by atoms with Gasteiger partial charge in [0.25, 0.3) is 0 Å². The minimum atomic E-state index is 0.751. The SMILES string of the molecule is Cc1ccc(-c2ccnc(N(C)CCN3CCOCC3)n2)c(C)n1. The molecule has 1 aliphatic rings. The number of hydrogen-bond donors (Lipinski definition) is 0. The van der Waals surface area contributed by atoms with Gasteiger partial charge in [-0.2, -0.15) is 0 Å². The molecule has 6 heteroatoms. The van der Waals surface area contributed by atoms with E-state index in [1.807, 2.05) is 39.2 Å². The molecule has 2 aromatic heterocycles. The predicted octanol–water partition coefficient (Wildman–Crippen LogP) is 1.92. The molecule has 0 aliphatic carbocycles. The summed E-state index contributed by atoms with van der Waals surface area (Å²) < 4.78 is 5.39. The van der Waals surface area contributed by atoms with Crippen molar-refractivity contribution in [3.63, 3.8) is 0 Å². The molecule has 0 radical (unpaired) electrons. The first-order valence-electron chi connectivity index (χ1n) is 8.42. The van der Waals surface area contributed by atoms with Crippen LogP contribution in [0.5, 0.6) is 0 Å². The Morgan fingerprint density at radius 1 is 1.12 bits per heavy atom. The molecule has 0 atom stereocenters. The summed E-state index contributed by atoms with van der Waals surface area (Å²) in [6, 6.07) is 6.04. The maximum Gasteiger partial charge on any atom is 0.225 e. The van der Waals surface area contributed by atoms with Gasteiger partial charge in [0.1, 0.15) is 0 Å². The van der Waals surface area contributed by atoms with Gasteiger partial charge in [0, 0.05) is 56.4 Å². The molecule has 0 spiro atoms. The lowest BCUT2D eigenvalue weighted by Crippen LogP contribution is -2.41. The van der Waals surface area contributed by atoms with E-state index in [1.54, 1.807) is 0 Å². The minimum Gasteiger partial charge on any atom is -0.379 e. The molecule has 0 bridgehead atoms. The van der Waals surface area contributed by atoms with Gasteiger partial charge < -0.3 is 9.64 Å². The first kappa shape index (κ1) is 16.8. The summed E-state index contributed by atoms with van der Waals surface area (Å²) in [6.45, 7) is 9.58. The Labute approximate surface area is 143 Å². The lowest BCUT2D eigenvalue weighted by molar-refractivity contribution is 0.0392. The monoisotopic (exact) mass is 327 g/mol. The van der Waals surface area contributed by atoms with Crippen LogP contribution in [0.1, 0.15) is 11.4 Å². The number of rotatable bonds is 5. The zero-order valence-corrected chi connectivity index (χ0v) is 14.7. The van der Waals surface area contributed by atoms with Gasteiger partial charge in [-0.1, -0.05) is 0 Å². The van der Waals surface area contributed by atoms with Crippen molar-refractivity contribution < 1.29 is 4.74 Å². The van der Waals surface area contributed by atoms with E-state index in [1.165, 1.54) is 0 Å². The van der Waals surface area contributed by atoms with E-state index >= 15 is 0 Å². The first-order valence-corrected chi connectivity index (χ1v) is 8.42. The van der Waals surface area contributed by atoms with Crippen LogP contribution < -0.4 is 4.90 Å². The van der Waals surface area contributed by atoms with Crippen LogP contribution in [0, 0.1) is 13.8 Å². The van der Waals surface area contributed by atoms with Crippen LogP contribution >= 0.6 is 0 Å². The van der Waals surface area contributed by atoms with E-state index in [0.717, 1.165) is 68.0 Å². The number of nitrogens with zero attached hydrogens (tertiary/aromatic N) is 5. The topological polar surface area (TPSA) is 54.4 Å². The Morgan fingerprint density at radius 3 is 2.67 bits per heavy atom. The van der Waals surface area contributed by atoms with Gasteiger partial charge >= 0.3 is 0 Å². The van der Waals surface area contributed by atoms with Crippen LogP contribution in [-0.4, -0.2) is 66.3 Å². The highest BCUT2D eigenvalue weighted by atomic mass is 16.5. The lowest BCUT2D eigenvalue weighted by atomic mass is 10.1. The van der Waals surface area contributed by atoms with Crippen molar-refractivity contribution in [2.24, 2.45) is 0 Å². The molecule has 3 heterocycles. The van der Waals surface area contributed by atoms with Gasteiger partial charge in [-0.15, -0.1) is 0 Å². The van der Waals surface area contributed by atoms with Gasteiger partial charge in [-0.3, -0.25) is 9.88 Å².